The number of benzene rings is 9. The molecule has 4 heteroatoms. The average Bonchev–Trinajstić information content (AvgIpc) is 3.60. The monoisotopic (exact) mass is 700 g/mol. The van der Waals surface area contributed by atoms with Gasteiger partial charge in [-0.2, -0.15) is 0 Å². The maximum Gasteiger partial charge on any atom is 0.164 e. The Labute approximate surface area is 317 Å². The van der Waals surface area contributed by atoms with Crippen LogP contribution >= 0.6 is 0 Å². The van der Waals surface area contributed by atoms with Gasteiger partial charge in [0.2, 0.25) is 0 Å². The molecule has 0 N–H and O–H groups in total. The average molecular weight is 701 g/mol. The number of hydrogen-bond acceptors (Lipinski definition) is 3. The normalized spacial score (nSPS) is 11.6. The van der Waals surface area contributed by atoms with Crippen molar-refractivity contribution in [3.8, 4) is 51.0 Å². The van der Waals surface area contributed by atoms with Crippen LogP contribution in [0.2, 0.25) is 0 Å². The molecule has 0 aliphatic heterocycles. The summed E-state index contributed by atoms with van der Waals surface area (Å²) >= 11 is 0. The van der Waals surface area contributed by atoms with Gasteiger partial charge in [-0.3, -0.25) is 0 Å². The molecule has 4 nitrogen and oxygen atoms in total. The van der Waals surface area contributed by atoms with E-state index in [9.17, 15) is 0 Å². The van der Waals surface area contributed by atoms with Crippen molar-refractivity contribution in [2.45, 2.75) is 0 Å². The van der Waals surface area contributed by atoms with E-state index in [1.54, 1.807) is 0 Å². The van der Waals surface area contributed by atoms with Crippen molar-refractivity contribution in [2.75, 3.05) is 0 Å². The summed E-state index contributed by atoms with van der Waals surface area (Å²) in [6, 6.07) is 68.7. The molecule has 0 spiro atoms. The van der Waals surface area contributed by atoms with Crippen molar-refractivity contribution in [3.05, 3.63) is 194 Å². The van der Waals surface area contributed by atoms with Gasteiger partial charge in [0.25, 0.3) is 0 Å². The van der Waals surface area contributed by atoms with Gasteiger partial charge in [-0.1, -0.05) is 158 Å². The molecule has 0 amide bonds. The summed E-state index contributed by atoms with van der Waals surface area (Å²) in [6.07, 6.45) is 0. The highest BCUT2D eigenvalue weighted by molar-refractivity contribution is 6.15. The molecule has 2 aromatic heterocycles. The Hall–Kier alpha value is -7.43. The molecule has 2 heterocycles. The minimum Gasteiger partial charge on any atom is -0.309 e. The highest BCUT2D eigenvalue weighted by Gasteiger charge is 2.20. The van der Waals surface area contributed by atoms with Crippen molar-refractivity contribution in [2.24, 2.45) is 0 Å². The zero-order valence-corrected chi connectivity index (χ0v) is 29.8. The van der Waals surface area contributed by atoms with E-state index in [4.69, 9.17) is 15.0 Å². The Balaban J connectivity index is 1.12. The second-order valence-electron chi connectivity index (χ2n) is 14.0. The predicted molar refractivity (Wildman–Crippen MR) is 228 cm³/mol. The molecular formula is C51H32N4. The SMILES string of the molecule is c1ccc(-n2c3ccccc3c3c(-c4nc(-c5ccc6cc(-c7cccc8ccccc78)ccc6c5)nc(-c5cccc6ccccc56)n4)cccc32)cc1. The van der Waals surface area contributed by atoms with E-state index >= 15 is 0 Å². The highest BCUT2D eigenvalue weighted by Crippen LogP contribution is 2.39. The van der Waals surface area contributed by atoms with Crippen LogP contribution < -0.4 is 0 Å². The standard InChI is InChI=1S/C51H32N4/c1-2-17-39(18-3-1)55-46-25-9-8-21-44(46)48-45(24-12-26-47(48)55)51-53-49(52-50(54-51)43-23-11-16-34-14-5-7-20-41(34)43)38-30-28-35-31-37(29-27-36(35)32-38)42-22-10-15-33-13-4-6-19-40(33)42/h1-32H. The number of para-hydroxylation sites is 2. The second kappa shape index (κ2) is 12.6. The summed E-state index contributed by atoms with van der Waals surface area (Å²) in [6.45, 7) is 0. The first kappa shape index (κ1) is 31.1. The third-order valence-corrected chi connectivity index (χ3v) is 10.8. The van der Waals surface area contributed by atoms with Gasteiger partial charge in [0.05, 0.1) is 11.0 Å². The van der Waals surface area contributed by atoms with Gasteiger partial charge >= 0.3 is 0 Å². The molecule has 0 saturated heterocycles. The van der Waals surface area contributed by atoms with E-state index in [-0.39, 0.29) is 0 Å². The van der Waals surface area contributed by atoms with E-state index in [1.165, 1.54) is 21.9 Å². The van der Waals surface area contributed by atoms with Crippen molar-refractivity contribution in [1.82, 2.24) is 19.5 Å². The maximum absolute atomic E-state index is 5.29. The first-order chi connectivity index (χ1) is 27.3. The summed E-state index contributed by atoms with van der Waals surface area (Å²) in [4.78, 5) is 15.8. The summed E-state index contributed by atoms with van der Waals surface area (Å²) in [5.41, 5.74) is 8.65. The van der Waals surface area contributed by atoms with E-state index in [0.717, 1.165) is 65.7 Å². The topological polar surface area (TPSA) is 43.6 Å². The van der Waals surface area contributed by atoms with Gasteiger partial charge in [0, 0.05) is 33.2 Å². The molecule has 256 valence electrons. The molecule has 0 unspecified atom stereocenters. The lowest BCUT2D eigenvalue weighted by molar-refractivity contribution is 1.08. The zero-order chi connectivity index (χ0) is 36.3. The van der Waals surface area contributed by atoms with Gasteiger partial charge in [0.1, 0.15) is 0 Å². The molecule has 11 rings (SSSR count). The minimum atomic E-state index is 0.636. The van der Waals surface area contributed by atoms with Crippen LogP contribution in [0.5, 0.6) is 0 Å². The lowest BCUT2D eigenvalue weighted by atomic mass is 9.95. The fourth-order valence-electron chi connectivity index (χ4n) is 8.26. The highest BCUT2D eigenvalue weighted by atomic mass is 15.0. The molecule has 0 bridgehead atoms. The number of fused-ring (bicyclic) bond motifs is 6. The largest absolute Gasteiger partial charge is 0.309 e. The lowest BCUT2D eigenvalue weighted by Crippen LogP contribution is -2.01. The molecule has 0 aliphatic carbocycles. The zero-order valence-electron chi connectivity index (χ0n) is 29.8. The van der Waals surface area contributed by atoms with Crippen molar-refractivity contribution in [3.63, 3.8) is 0 Å². The quantitative estimate of drug-likeness (QED) is 0.179. The van der Waals surface area contributed by atoms with Crippen LogP contribution in [0.25, 0.3) is 105 Å². The van der Waals surface area contributed by atoms with Crippen LogP contribution in [0, 0.1) is 0 Å². The molecule has 55 heavy (non-hydrogen) atoms. The van der Waals surface area contributed by atoms with Crippen LogP contribution in [0.3, 0.4) is 0 Å². The van der Waals surface area contributed by atoms with E-state index in [2.05, 4.69) is 199 Å². The molecule has 9 aromatic carbocycles. The summed E-state index contributed by atoms with van der Waals surface area (Å²) in [5, 5.41) is 9.29. The van der Waals surface area contributed by atoms with Crippen LogP contribution in [-0.4, -0.2) is 19.5 Å². The van der Waals surface area contributed by atoms with Crippen LogP contribution in [0.1, 0.15) is 0 Å². The molecule has 0 atom stereocenters. The molecule has 0 saturated carbocycles. The summed E-state index contributed by atoms with van der Waals surface area (Å²) in [7, 11) is 0. The summed E-state index contributed by atoms with van der Waals surface area (Å²) in [5.74, 6) is 1.92. The Morgan fingerprint density at radius 1 is 0.309 bits per heavy atom. The van der Waals surface area contributed by atoms with Crippen LogP contribution in [0.4, 0.5) is 0 Å². The fraction of sp³-hybridized carbons (Fsp3) is 0. The van der Waals surface area contributed by atoms with Crippen molar-refractivity contribution in [1.29, 1.82) is 0 Å². The number of rotatable bonds is 5. The molecule has 0 fully saturated rings. The smallest absolute Gasteiger partial charge is 0.164 e. The molecular weight excluding hydrogens is 669 g/mol. The van der Waals surface area contributed by atoms with Crippen LogP contribution in [0.15, 0.2) is 194 Å². The third-order valence-electron chi connectivity index (χ3n) is 10.8. The number of nitrogens with zero attached hydrogens (tertiary/aromatic N) is 4. The molecule has 0 aliphatic rings. The number of hydrogen-bond donors (Lipinski definition) is 0. The van der Waals surface area contributed by atoms with E-state index in [1.807, 2.05) is 0 Å². The third kappa shape index (κ3) is 5.19. The second-order valence-corrected chi connectivity index (χ2v) is 14.0. The fourth-order valence-corrected chi connectivity index (χ4v) is 8.26. The Bertz CT molecular complexity index is 3260. The lowest BCUT2D eigenvalue weighted by Gasteiger charge is -2.12. The van der Waals surface area contributed by atoms with Gasteiger partial charge < -0.3 is 4.57 Å². The first-order valence-corrected chi connectivity index (χ1v) is 18.6. The first-order valence-electron chi connectivity index (χ1n) is 18.6. The van der Waals surface area contributed by atoms with E-state index in [0.29, 0.717) is 17.5 Å². The van der Waals surface area contributed by atoms with Crippen molar-refractivity contribution >= 4 is 54.1 Å². The summed E-state index contributed by atoms with van der Waals surface area (Å²) < 4.78 is 2.33. The minimum absolute atomic E-state index is 0.636. The van der Waals surface area contributed by atoms with Gasteiger partial charge in [0.15, 0.2) is 17.5 Å². The van der Waals surface area contributed by atoms with Gasteiger partial charge in [-0.15, -0.1) is 0 Å². The molecule has 0 radical (unpaired) electrons. The Kier molecular flexibility index (Phi) is 7.14. The van der Waals surface area contributed by atoms with Gasteiger partial charge in [-0.25, -0.2) is 15.0 Å². The predicted octanol–water partition coefficient (Wildman–Crippen LogP) is 13.1. The number of aromatic nitrogens is 4. The van der Waals surface area contributed by atoms with Crippen molar-refractivity contribution < 1.29 is 0 Å². The Morgan fingerprint density at radius 3 is 1.58 bits per heavy atom. The van der Waals surface area contributed by atoms with Gasteiger partial charge in [-0.05, 0) is 79.8 Å². The van der Waals surface area contributed by atoms with E-state index < -0.39 is 0 Å². The Morgan fingerprint density at radius 2 is 0.818 bits per heavy atom. The molecule has 11 aromatic rings. The van der Waals surface area contributed by atoms with Crippen LogP contribution in [-0.2, 0) is 0 Å². The maximum atomic E-state index is 5.29.